The highest BCUT2D eigenvalue weighted by atomic mass is 127. The number of likely N-dealkylation sites (tertiary alicyclic amines) is 1. The maximum absolute atomic E-state index is 2.41. The summed E-state index contributed by atoms with van der Waals surface area (Å²) >= 11 is 2.41. The van der Waals surface area contributed by atoms with E-state index in [0.717, 1.165) is 5.25 Å². The van der Waals surface area contributed by atoms with Gasteiger partial charge in [0.25, 0.3) is 0 Å². The van der Waals surface area contributed by atoms with E-state index in [4.69, 9.17) is 0 Å². The minimum atomic E-state index is 0.932. The Kier molecular flexibility index (Phi) is 3.65. The molecule has 1 rings (SSSR count). The molecule has 1 aliphatic heterocycles. The molecule has 3 heteroatoms. The molecule has 0 aromatic rings. The standard InChI is InChI=1S/C6H12INS/c1-8-4-2-6(9-7)3-5-8/h6H,2-5H2,1H3. The average molecular weight is 257 g/mol. The SMILES string of the molecule is CN1CCC(SI)CC1. The van der Waals surface area contributed by atoms with E-state index in [-0.39, 0.29) is 0 Å². The van der Waals surface area contributed by atoms with Gasteiger partial charge in [0.2, 0.25) is 0 Å². The van der Waals surface area contributed by atoms with Gasteiger partial charge in [0, 0.05) is 5.25 Å². The minimum absolute atomic E-state index is 0.932. The molecule has 0 unspecified atom stereocenters. The molecule has 0 aromatic carbocycles. The van der Waals surface area contributed by atoms with Crippen LogP contribution in [0.4, 0.5) is 0 Å². The summed E-state index contributed by atoms with van der Waals surface area (Å²) in [4.78, 5) is 2.41. The van der Waals surface area contributed by atoms with E-state index < -0.39 is 0 Å². The van der Waals surface area contributed by atoms with E-state index in [0.29, 0.717) is 0 Å². The van der Waals surface area contributed by atoms with Crippen LogP contribution in [0.2, 0.25) is 0 Å². The first-order valence-electron chi connectivity index (χ1n) is 3.29. The van der Waals surface area contributed by atoms with Crippen LogP contribution >= 0.6 is 30.1 Å². The first-order valence-corrected chi connectivity index (χ1v) is 6.71. The second-order valence-electron chi connectivity index (χ2n) is 2.59. The van der Waals surface area contributed by atoms with Gasteiger partial charge in [-0.3, -0.25) is 0 Å². The fraction of sp³-hybridized carbons (Fsp3) is 1.00. The molecular formula is C6H12INS. The lowest BCUT2D eigenvalue weighted by atomic mass is 10.1. The summed E-state index contributed by atoms with van der Waals surface area (Å²) in [5, 5.41) is 0.932. The van der Waals surface area contributed by atoms with Crippen LogP contribution in [0, 0.1) is 0 Å². The number of piperidine rings is 1. The molecule has 54 valence electrons. The van der Waals surface area contributed by atoms with Crippen LogP contribution in [0.5, 0.6) is 0 Å². The van der Waals surface area contributed by atoms with Crippen LogP contribution in [-0.4, -0.2) is 30.3 Å². The molecule has 0 spiro atoms. The largest absolute Gasteiger partial charge is 0.306 e. The maximum Gasteiger partial charge on any atom is 0.0172 e. The molecule has 1 heterocycles. The van der Waals surface area contributed by atoms with Gasteiger partial charge >= 0.3 is 0 Å². The zero-order valence-electron chi connectivity index (χ0n) is 5.64. The first kappa shape index (κ1) is 8.14. The van der Waals surface area contributed by atoms with Crippen molar-refractivity contribution in [1.29, 1.82) is 0 Å². The van der Waals surface area contributed by atoms with Gasteiger partial charge in [0.05, 0.1) is 0 Å². The van der Waals surface area contributed by atoms with Crippen LogP contribution < -0.4 is 0 Å². The average Bonchev–Trinajstić information content (AvgIpc) is 1.90. The molecule has 9 heavy (non-hydrogen) atoms. The Morgan fingerprint density at radius 1 is 1.44 bits per heavy atom. The van der Waals surface area contributed by atoms with Gasteiger partial charge in [-0.05, 0) is 54.2 Å². The van der Waals surface area contributed by atoms with Crippen molar-refractivity contribution < 1.29 is 0 Å². The van der Waals surface area contributed by atoms with Crippen molar-refractivity contribution in [3.05, 3.63) is 0 Å². The summed E-state index contributed by atoms with van der Waals surface area (Å²) in [6.07, 6.45) is 2.76. The number of hydrogen-bond donors (Lipinski definition) is 0. The number of nitrogens with zero attached hydrogens (tertiary/aromatic N) is 1. The molecule has 0 aromatic heterocycles. The molecular weight excluding hydrogens is 245 g/mol. The van der Waals surface area contributed by atoms with Crippen molar-refractivity contribution in [2.45, 2.75) is 18.1 Å². The molecule has 1 fully saturated rings. The molecule has 0 bridgehead atoms. The Labute approximate surface area is 73.2 Å². The molecule has 0 saturated carbocycles. The highest BCUT2D eigenvalue weighted by molar-refractivity contribution is 14.2. The lowest BCUT2D eigenvalue weighted by Crippen LogP contribution is -2.30. The van der Waals surface area contributed by atoms with Crippen LogP contribution in [0.1, 0.15) is 12.8 Å². The molecule has 1 nitrogen and oxygen atoms in total. The van der Waals surface area contributed by atoms with E-state index in [2.05, 4.69) is 33.2 Å². The molecule has 1 saturated heterocycles. The molecule has 1 aliphatic rings. The second-order valence-corrected chi connectivity index (χ2v) is 4.96. The highest BCUT2D eigenvalue weighted by Gasteiger charge is 2.15. The summed E-state index contributed by atoms with van der Waals surface area (Å²) in [5.74, 6) is 0. The lowest BCUT2D eigenvalue weighted by Gasteiger charge is -2.26. The van der Waals surface area contributed by atoms with Crippen molar-refractivity contribution in [2.75, 3.05) is 20.1 Å². The third-order valence-corrected chi connectivity index (χ3v) is 4.67. The molecule has 0 atom stereocenters. The summed E-state index contributed by atoms with van der Waals surface area (Å²) in [7, 11) is 4.19. The molecule has 0 aliphatic carbocycles. The fourth-order valence-corrected chi connectivity index (χ4v) is 2.99. The van der Waals surface area contributed by atoms with Gasteiger partial charge in [-0.15, -0.1) is 0 Å². The predicted octanol–water partition coefficient (Wildman–Crippen LogP) is 2.16. The maximum atomic E-state index is 2.41. The van der Waals surface area contributed by atoms with Gasteiger partial charge in [-0.2, -0.15) is 0 Å². The van der Waals surface area contributed by atoms with Crippen molar-refractivity contribution in [3.8, 4) is 0 Å². The molecule has 0 N–H and O–H groups in total. The van der Waals surface area contributed by atoms with Gasteiger partial charge < -0.3 is 4.90 Å². The van der Waals surface area contributed by atoms with Crippen LogP contribution in [0.15, 0.2) is 0 Å². The Morgan fingerprint density at radius 2 is 2.00 bits per heavy atom. The van der Waals surface area contributed by atoms with E-state index in [1.807, 2.05) is 8.93 Å². The fourth-order valence-electron chi connectivity index (χ4n) is 1.07. The highest BCUT2D eigenvalue weighted by Crippen LogP contribution is 2.27. The van der Waals surface area contributed by atoms with Gasteiger partial charge in [-0.25, -0.2) is 0 Å². The summed E-state index contributed by atoms with van der Waals surface area (Å²) in [6.45, 7) is 2.58. The molecule has 0 amide bonds. The van der Waals surface area contributed by atoms with Crippen molar-refractivity contribution in [1.82, 2.24) is 4.90 Å². The lowest BCUT2D eigenvalue weighted by molar-refractivity contribution is 0.282. The zero-order chi connectivity index (χ0) is 6.69. The Bertz CT molecular complexity index is 81.1. The van der Waals surface area contributed by atoms with E-state index in [1.165, 1.54) is 25.9 Å². The van der Waals surface area contributed by atoms with E-state index in [9.17, 15) is 0 Å². The van der Waals surface area contributed by atoms with Crippen LogP contribution in [0.25, 0.3) is 0 Å². The summed E-state index contributed by atoms with van der Waals surface area (Å²) < 4.78 is 0. The van der Waals surface area contributed by atoms with Gasteiger partial charge in [0.1, 0.15) is 0 Å². The van der Waals surface area contributed by atoms with E-state index >= 15 is 0 Å². The number of rotatable bonds is 1. The smallest absolute Gasteiger partial charge is 0.0172 e. The van der Waals surface area contributed by atoms with Crippen molar-refractivity contribution >= 4 is 30.1 Å². The summed E-state index contributed by atoms with van der Waals surface area (Å²) in [6, 6.07) is 0. The van der Waals surface area contributed by atoms with Gasteiger partial charge in [0.15, 0.2) is 0 Å². The van der Waals surface area contributed by atoms with Crippen LogP contribution in [-0.2, 0) is 0 Å². The van der Waals surface area contributed by atoms with Crippen molar-refractivity contribution in [2.24, 2.45) is 0 Å². The van der Waals surface area contributed by atoms with E-state index in [1.54, 1.807) is 0 Å². The number of halogens is 1. The quantitative estimate of drug-likeness (QED) is 0.662. The Balaban J connectivity index is 2.18. The monoisotopic (exact) mass is 257 g/mol. The normalized spacial score (nSPS) is 24.7. The minimum Gasteiger partial charge on any atom is -0.306 e. The zero-order valence-corrected chi connectivity index (χ0v) is 8.61. The third kappa shape index (κ3) is 2.63. The Hall–Kier alpha value is 1.04. The topological polar surface area (TPSA) is 3.24 Å². The molecule has 0 radical (unpaired) electrons. The first-order chi connectivity index (χ1) is 4.33. The van der Waals surface area contributed by atoms with Crippen LogP contribution in [0.3, 0.4) is 0 Å². The Morgan fingerprint density at radius 3 is 2.44 bits per heavy atom. The van der Waals surface area contributed by atoms with Crippen molar-refractivity contribution in [3.63, 3.8) is 0 Å². The van der Waals surface area contributed by atoms with Gasteiger partial charge in [-0.1, -0.05) is 8.93 Å². The second kappa shape index (κ2) is 4.03. The number of hydrogen-bond acceptors (Lipinski definition) is 2. The summed E-state index contributed by atoms with van der Waals surface area (Å²) in [5.41, 5.74) is 0. The third-order valence-electron chi connectivity index (χ3n) is 1.79. The predicted molar refractivity (Wildman–Crippen MR) is 52.1 cm³/mol.